The second kappa shape index (κ2) is 5.70. The first-order valence-corrected chi connectivity index (χ1v) is 6.94. The number of anilines is 1. The van der Waals surface area contributed by atoms with Gasteiger partial charge < -0.3 is 11.1 Å². The number of hydrogen-bond donors (Lipinski definition) is 2. The fourth-order valence-corrected chi connectivity index (χ4v) is 3.24. The molecule has 1 aliphatic carbocycles. The fourth-order valence-electron chi connectivity index (χ4n) is 3.24. The van der Waals surface area contributed by atoms with E-state index in [9.17, 15) is 4.39 Å². The second-order valence-electron chi connectivity index (χ2n) is 5.35. The number of nitrogens with two attached hydrogens (primary N) is 1. The van der Waals surface area contributed by atoms with E-state index in [1.54, 1.807) is 12.1 Å². The molecule has 1 aliphatic rings. The van der Waals surface area contributed by atoms with Crippen LogP contribution in [0.5, 0.6) is 0 Å². The lowest BCUT2D eigenvalue weighted by Gasteiger charge is -2.44. The van der Waals surface area contributed by atoms with Crippen molar-refractivity contribution in [1.29, 1.82) is 0 Å². The molecule has 2 unspecified atom stereocenters. The van der Waals surface area contributed by atoms with Crippen molar-refractivity contribution in [2.75, 3.05) is 11.9 Å². The molecule has 2 rings (SSSR count). The first-order valence-electron chi connectivity index (χ1n) is 6.94. The van der Waals surface area contributed by atoms with E-state index in [0.717, 1.165) is 18.5 Å². The zero-order valence-corrected chi connectivity index (χ0v) is 11.1. The molecule has 1 aromatic rings. The van der Waals surface area contributed by atoms with Crippen LogP contribution in [0.3, 0.4) is 0 Å². The molecule has 1 aromatic carbocycles. The lowest BCUT2D eigenvalue weighted by molar-refractivity contribution is 0.212. The predicted molar refractivity (Wildman–Crippen MR) is 74.1 cm³/mol. The van der Waals surface area contributed by atoms with Crippen LogP contribution in [0.4, 0.5) is 10.1 Å². The van der Waals surface area contributed by atoms with Crippen LogP contribution in [0.25, 0.3) is 0 Å². The summed E-state index contributed by atoms with van der Waals surface area (Å²) >= 11 is 0. The molecule has 18 heavy (non-hydrogen) atoms. The van der Waals surface area contributed by atoms with Crippen molar-refractivity contribution in [3.05, 3.63) is 30.1 Å². The molecule has 2 nitrogen and oxygen atoms in total. The number of nitrogens with one attached hydrogen (secondary N) is 1. The van der Waals surface area contributed by atoms with Crippen LogP contribution in [0.15, 0.2) is 24.3 Å². The summed E-state index contributed by atoms with van der Waals surface area (Å²) in [5.74, 6) is 0.385. The van der Waals surface area contributed by atoms with E-state index >= 15 is 0 Å². The summed E-state index contributed by atoms with van der Waals surface area (Å²) < 4.78 is 13.3. The van der Waals surface area contributed by atoms with Gasteiger partial charge in [-0.25, -0.2) is 4.39 Å². The molecule has 0 aromatic heterocycles. The van der Waals surface area contributed by atoms with Crippen LogP contribution >= 0.6 is 0 Å². The summed E-state index contributed by atoms with van der Waals surface area (Å²) in [7, 11) is 0. The molecule has 1 fully saturated rings. The first-order chi connectivity index (χ1) is 8.70. The van der Waals surface area contributed by atoms with Gasteiger partial charge in [0, 0.05) is 12.2 Å². The SMILES string of the molecule is CCC1CCCCC1(CN)Nc1cccc(F)c1. The molecule has 0 heterocycles. The van der Waals surface area contributed by atoms with Crippen LogP contribution in [0.1, 0.15) is 39.0 Å². The number of hydrogen-bond acceptors (Lipinski definition) is 2. The van der Waals surface area contributed by atoms with E-state index in [1.165, 1.54) is 25.3 Å². The van der Waals surface area contributed by atoms with E-state index in [-0.39, 0.29) is 11.4 Å². The highest BCUT2D eigenvalue weighted by Gasteiger charge is 2.38. The Kier molecular flexibility index (Phi) is 4.23. The van der Waals surface area contributed by atoms with Crippen molar-refractivity contribution in [1.82, 2.24) is 0 Å². The third-order valence-corrected chi connectivity index (χ3v) is 4.28. The average molecular weight is 250 g/mol. The topological polar surface area (TPSA) is 38.0 Å². The highest BCUT2D eigenvalue weighted by molar-refractivity contribution is 5.46. The van der Waals surface area contributed by atoms with Gasteiger partial charge in [0.25, 0.3) is 0 Å². The molecule has 0 spiro atoms. The zero-order chi connectivity index (χ0) is 13.0. The molecule has 100 valence electrons. The van der Waals surface area contributed by atoms with E-state index in [0.29, 0.717) is 12.5 Å². The van der Waals surface area contributed by atoms with Crippen LogP contribution in [0, 0.1) is 11.7 Å². The van der Waals surface area contributed by atoms with Gasteiger partial charge in [-0.1, -0.05) is 32.3 Å². The standard InChI is InChI=1S/C15H23FN2/c1-2-12-6-3-4-9-15(12,11-17)18-14-8-5-7-13(16)10-14/h5,7-8,10,12,18H,2-4,6,9,11,17H2,1H3. The van der Waals surface area contributed by atoms with Gasteiger partial charge in [-0.2, -0.15) is 0 Å². The third kappa shape index (κ3) is 2.66. The van der Waals surface area contributed by atoms with Crippen LogP contribution in [-0.2, 0) is 0 Å². The van der Waals surface area contributed by atoms with Gasteiger partial charge in [-0.3, -0.25) is 0 Å². The molecule has 1 saturated carbocycles. The van der Waals surface area contributed by atoms with Gasteiger partial charge >= 0.3 is 0 Å². The van der Waals surface area contributed by atoms with Gasteiger partial charge in [0.15, 0.2) is 0 Å². The van der Waals surface area contributed by atoms with Crippen LogP contribution in [0.2, 0.25) is 0 Å². The Balaban J connectivity index is 2.21. The maximum absolute atomic E-state index is 13.3. The molecule has 2 atom stereocenters. The van der Waals surface area contributed by atoms with Crippen LogP contribution in [-0.4, -0.2) is 12.1 Å². The van der Waals surface area contributed by atoms with E-state index < -0.39 is 0 Å². The summed E-state index contributed by atoms with van der Waals surface area (Å²) in [6.07, 6.45) is 5.91. The number of rotatable bonds is 4. The van der Waals surface area contributed by atoms with Crippen molar-refractivity contribution in [2.24, 2.45) is 11.7 Å². The van der Waals surface area contributed by atoms with Crippen molar-refractivity contribution in [3.8, 4) is 0 Å². The summed E-state index contributed by atoms with van der Waals surface area (Å²) in [6.45, 7) is 2.83. The molecule has 3 heteroatoms. The lowest BCUT2D eigenvalue weighted by Crippen LogP contribution is -2.53. The first kappa shape index (κ1) is 13.3. The van der Waals surface area contributed by atoms with Gasteiger partial charge in [0.1, 0.15) is 5.82 Å². The molecule has 0 saturated heterocycles. The highest BCUT2D eigenvalue weighted by atomic mass is 19.1. The summed E-state index contributed by atoms with van der Waals surface area (Å²) in [4.78, 5) is 0. The molecular weight excluding hydrogens is 227 g/mol. The Bertz CT molecular complexity index is 394. The maximum Gasteiger partial charge on any atom is 0.125 e. The minimum Gasteiger partial charge on any atom is -0.378 e. The predicted octanol–water partition coefficient (Wildman–Crippen LogP) is 3.54. The van der Waals surface area contributed by atoms with Gasteiger partial charge in [-0.05, 0) is 37.0 Å². The van der Waals surface area contributed by atoms with Crippen molar-refractivity contribution >= 4 is 5.69 Å². The smallest absolute Gasteiger partial charge is 0.125 e. The molecular formula is C15H23FN2. The lowest BCUT2D eigenvalue weighted by atomic mass is 9.71. The molecule has 0 bridgehead atoms. The van der Waals surface area contributed by atoms with Gasteiger partial charge in [0.2, 0.25) is 0 Å². The van der Waals surface area contributed by atoms with Crippen molar-refractivity contribution < 1.29 is 4.39 Å². The maximum atomic E-state index is 13.3. The van der Waals surface area contributed by atoms with E-state index in [4.69, 9.17) is 5.73 Å². The zero-order valence-electron chi connectivity index (χ0n) is 11.1. The summed E-state index contributed by atoms with van der Waals surface area (Å²) in [6, 6.07) is 6.69. The molecule has 0 amide bonds. The minimum atomic E-state index is -0.198. The van der Waals surface area contributed by atoms with E-state index in [2.05, 4.69) is 12.2 Å². The minimum absolute atomic E-state index is 0.0548. The Morgan fingerprint density at radius 3 is 2.94 bits per heavy atom. The third-order valence-electron chi connectivity index (χ3n) is 4.28. The molecule has 0 aliphatic heterocycles. The Hall–Kier alpha value is -1.09. The Morgan fingerprint density at radius 2 is 2.28 bits per heavy atom. The largest absolute Gasteiger partial charge is 0.378 e. The quantitative estimate of drug-likeness (QED) is 0.857. The highest BCUT2D eigenvalue weighted by Crippen LogP contribution is 2.37. The number of halogens is 1. The average Bonchev–Trinajstić information content (AvgIpc) is 2.39. The molecule has 3 N–H and O–H groups in total. The number of benzene rings is 1. The Morgan fingerprint density at radius 1 is 1.44 bits per heavy atom. The fraction of sp³-hybridized carbons (Fsp3) is 0.600. The summed E-state index contributed by atoms with van der Waals surface area (Å²) in [5.41, 5.74) is 6.83. The van der Waals surface area contributed by atoms with Gasteiger partial charge in [-0.15, -0.1) is 0 Å². The second-order valence-corrected chi connectivity index (χ2v) is 5.35. The normalized spacial score (nSPS) is 28.1. The Labute approximate surface area is 109 Å². The monoisotopic (exact) mass is 250 g/mol. The molecule has 0 radical (unpaired) electrons. The van der Waals surface area contributed by atoms with Crippen molar-refractivity contribution in [2.45, 2.75) is 44.6 Å². The summed E-state index contributed by atoms with van der Waals surface area (Å²) in [5, 5.41) is 3.52. The van der Waals surface area contributed by atoms with E-state index in [1.807, 2.05) is 6.07 Å². The van der Waals surface area contributed by atoms with Gasteiger partial charge in [0.05, 0.1) is 5.54 Å². The van der Waals surface area contributed by atoms with Crippen molar-refractivity contribution in [3.63, 3.8) is 0 Å². The van der Waals surface area contributed by atoms with Crippen LogP contribution < -0.4 is 11.1 Å².